The molecule has 1 aliphatic heterocycles. The maximum absolute atomic E-state index is 13.2. The Labute approximate surface area is 213 Å². The molecule has 0 saturated carbocycles. The van der Waals surface area contributed by atoms with Gasteiger partial charge in [0.2, 0.25) is 11.8 Å². The van der Waals surface area contributed by atoms with Crippen molar-refractivity contribution in [3.05, 3.63) is 68.7 Å². The van der Waals surface area contributed by atoms with Crippen molar-refractivity contribution in [1.82, 2.24) is 19.4 Å². The second-order valence-corrected chi connectivity index (χ2v) is 9.41. The molecule has 1 saturated heterocycles. The molecule has 10 heteroatoms. The van der Waals surface area contributed by atoms with Gasteiger partial charge >= 0.3 is 0 Å². The Kier molecular flexibility index (Phi) is 7.62. The maximum atomic E-state index is 13.2. The fourth-order valence-corrected chi connectivity index (χ4v) is 4.48. The SMILES string of the molecule is CCC(=O)N1CCN(c2ccc3ncn(CC(=O)N(C)Cc4ccc(Cl)c(Cl)c4)c(=O)c3c2)CC1. The number of nitrogens with zero attached hydrogens (tertiary/aromatic N) is 5. The highest BCUT2D eigenvalue weighted by Crippen LogP contribution is 2.23. The lowest BCUT2D eigenvalue weighted by molar-refractivity contribution is -0.131. The summed E-state index contributed by atoms with van der Waals surface area (Å²) in [5.41, 5.74) is 2.05. The van der Waals surface area contributed by atoms with Gasteiger partial charge in [-0.05, 0) is 35.9 Å². The largest absolute Gasteiger partial charge is 0.368 e. The van der Waals surface area contributed by atoms with Gasteiger partial charge in [-0.25, -0.2) is 4.98 Å². The summed E-state index contributed by atoms with van der Waals surface area (Å²) in [6.45, 7) is 4.78. The molecule has 0 N–H and O–H groups in total. The van der Waals surface area contributed by atoms with Gasteiger partial charge in [0, 0.05) is 51.9 Å². The van der Waals surface area contributed by atoms with Crippen LogP contribution in [0.3, 0.4) is 0 Å². The van der Waals surface area contributed by atoms with Crippen molar-refractivity contribution in [2.24, 2.45) is 0 Å². The number of amides is 2. The van der Waals surface area contributed by atoms with Gasteiger partial charge < -0.3 is 14.7 Å². The van der Waals surface area contributed by atoms with Crippen molar-refractivity contribution in [2.45, 2.75) is 26.4 Å². The molecule has 0 spiro atoms. The van der Waals surface area contributed by atoms with Gasteiger partial charge in [-0.1, -0.05) is 36.2 Å². The Morgan fingerprint density at radius 1 is 1.03 bits per heavy atom. The van der Waals surface area contributed by atoms with Gasteiger partial charge in [0.15, 0.2) is 0 Å². The van der Waals surface area contributed by atoms with Gasteiger partial charge in [0.05, 0.1) is 27.3 Å². The zero-order valence-corrected chi connectivity index (χ0v) is 21.2. The number of anilines is 1. The molecule has 8 nitrogen and oxygen atoms in total. The molecule has 35 heavy (non-hydrogen) atoms. The molecule has 0 unspecified atom stereocenters. The predicted octanol–water partition coefficient (Wildman–Crippen LogP) is 3.42. The number of hydrogen-bond acceptors (Lipinski definition) is 5. The molecule has 4 rings (SSSR count). The highest BCUT2D eigenvalue weighted by Gasteiger charge is 2.21. The number of fused-ring (bicyclic) bond motifs is 1. The molecule has 3 aromatic rings. The Bertz CT molecular complexity index is 1320. The Morgan fingerprint density at radius 3 is 2.46 bits per heavy atom. The van der Waals surface area contributed by atoms with Crippen molar-refractivity contribution in [2.75, 3.05) is 38.1 Å². The average Bonchev–Trinajstić information content (AvgIpc) is 2.87. The third kappa shape index (κ3) is 5.60. The number of halogens is 2. The van der Waals surface area contributed by atoms with Crippen molar-refractivity contribution >= 4 is 51.6 Å². The van der Waals surface area contributed by atoms with Crippen molar-refractivity contribution in [1.29, 1.82) is 0 Å². The van der Waals surface area contributed by atoms with E-state index in [-0.39, 0.29) is 23.9 Å². The minimum Gasteiger partial charge on any atom is -0.368 e. The lowest BCUT2D eigenvalue weighted by atomic mass is 10.2. The molecule has 2 amide bonds. The van der Waals surface area contributed by atoms with Crippen LogP contribution in [0.4, 0.5) is 5.69 Å². The smallest absolute Gasteiger partial charge is 0.261 e. The van der Waals surface area contributed by atoms with Gasteiger partial charge in [0.1, 0.15) is 6.54 Å². The minimum atomic E-state index is -0.270. The first kappa shape index (κ1) is 25.0. The van der Waals surface area contributed by atoms with Crippen LogP contribution in [0.25, 0.3) is 10.9 Å². The van der Waals surface area contributed by atoms with Gasteiger partial charge in [-0.3, -0.25) is 19.0 Å². The summed E-state index contributed by atoms with van der Waals surface area (Å²) < 4.78 is 1.33. The summed E-state index contributed by atoms with van der Waals surface area (Å²) in [5, 5.41) is 1.33. The van der Waals surface area contributed by atoms with E-state index >= 15 is 0 Å². The van der Waals surface area contributed by atoms with Crippen LogP contribution < -0.4 is 10.5 Å². The molecule has 2 heterocycles. The fraction of sp³-hybridized carbons (Fsp3) is 0.360. The normalized spacial score (nSPS) is 13.8. The minimum absolute atomic E-state index is 0.123. The molecule has 0 aliphatic carbocycles. The Morgan fingerprint density at radius 2 is 1.77 bits per heavy atom. The van der Waals surface area contributed by atoms with Crippen LogP contribution in [0, 0.1) is 0 Å². The van der Waals surface area contributed by atoms with E-state index in [9.17, 15) is 14.4 Å². The van der Waals surface area contributed by atoms with Gasteiger partial charge in [-0.15, -0.1) is 0 Å². The lowest BCUT2D eigenvalue weighted by Gasteiger charge is -2.36. The van der Waals surface area contributed by atoms with E-state index < -0.39 is 0 Å². The number of aromatic nitrogens is 2. The van der Waals surface area contributed by atoms with Crippen LogP contribution in [-0.2, 0) is 22.7 Å². The quantitative estimate of drug-likeness (QED) is 0.502. The summed E-state index contributed by atoms with van der Waals surface area (Å²) in [7, 11) is 1.67. The molecular formula is C25H27Cl2N5O3. The number of rotatable bonds is 6. The van der Waals surface area contributed by atoms with Crippen LogP contribution >= 0.6 is 23.2 Å². The standard InChI is InChI=1S/C25H27Cl2N5O3/c1-3-23(33)31-10-8-30(9-11-31)18-5-7-22-19(13-18)25(35)32(16-28-22)15-24(34)29(2)14-17-4-6-20(26)21(27)12-17/h4-7,12-13,16H,3,8-11,14-15H2,1-2H3. The zero-order chi connectivity index (χ0) is 25.1. The highest BCUT2D eigenvalue weighted by molar-refractivity contribution is 6.42. The summed E-state index contributed by atoms with van der Waals surface area (Å²) in [6.07, 6.45) is 1.91. The van der Waals surface area contributed by atoms with E-state index in [0.717, 1.165) is 11.3 Å². The molecule has 0 bridgehead atoms. The van der Waals surface area contributed by atoms with E-state index in [2.05, 4.69) is 9.88 Å². The fourth-order valence-electron chi connectivity index (χ4n) is 4.16. The molecule has 1 aliphatic rings. The van der Waals surface area contributed by atoms with Crippen LogP contribution in [0.1, 0.15) is 18.9 Å². The van der Waals surface area contributed by atoms with Crippen molar-refractivity contribution in [3.63, 3.8) is 0 Å². The maximum Gasteiger partial charge on any atom is 0.261 e. The molecule has 0 radical (unpaired) electrons. The summed E-state index contributed by atoms with van der Waals surface area (Å²) in [4.78, 5) is 47.9. The van der Waals surface area contributed by atoms with Crippen LogP contribution in [-0.4, -0.2) is 64.4 Å². The first-order valence-electron chi connectivity index (χ1n) is 11.5. The van der Waals surface area contributed by atoms with Crippen molar-refractivity contribution in [3.8, 4) is 0 Å². The topological polar surface area (TPSA) is 78.8 Å². The Balaban J connectivity index is 1.48. The molecule has 1 aromatic heterocycles. The van der Waals surface area contributed by atoms with E-state index in [1.165, 1.54) is 15.8 Å². The number of piperazine rings is 1. The molecule has 0 atom stereocenters. The highest BCUT2D eigenvalue weighted by atomic mass is 35.5. The van der Waals surface area contributed by atoms with E-state index in [4.69, 9.17) is 23.2 Å². The monoisotopic (exact) mass is 515 g/mol. The first-order valence-corrected chi connectivity index (χ1v) is 12.2. The third-order valence-electron chi connectivity index (χ3n) is 6.24. The predicted molar refractivity (Wildman–Crippen MR) is 138 cm³/mol. The van der Waals surface area contributed by atoms with Crippen LogP contribution in [0.5, 0.6) is 0 Å². The summed E-state index contributed by atoms with van der Waals surface area (Å²) in [6, 6.07) is 10.8. The molecular weight excluding hydrogens is 489 g/mol. The van der Waals surface area contributed by atoms with E-state index in [0.29, 0.717) is 60.1 Å². The molecule has 2 aromatic carbocycles. The number of carbonyl (C=O) groups is 2. The third-order valence-corrected chi connectivity index (χ3v) is 6.98. The van der Waals surface area contributed by atoms with E-state index in [1.807, 2.05) is 30.0 Å². The lowest BCUT2D eigenvalue weighted by Crippen LogP contribution is -2.48. The average molecular weight is 516 g/mol. The second-order valence-electron chi connectivity index (χ2n) is 8.60. The van der Waals surface area contributed by atoms with Gasteiger partial charge in [0.25, 0.3) is 5.56 Å². The van der Waals surface area contributed by atoms with Crippen LogP contribution in [0.2, 0.25) is 10.0 Å². The Hall–Kier alpha value is -3.10. The zero-order valence-electron chi connectivity index (χ0n) is 19.7. The van der Waals surface area contributed by atoms with E-state index in [1.54, 1.807) is 25.2 Å². The van der Waals surface area contributed by atoms with Crippen molar-refractivity contribution < 1.29 is 9.59 Å². The first-order chi connectivity index (χ1) is 16.8. The summed E-state index contributed by atoms with van der Waals surface area (Å²) >= 11 is 12.0. The van der Waals surface area contributed by atoms with Crippen LogP contribution in [0.15, 0.2) is 47.5 Å². The number of hydrogen-bond donors (Lipinski definition) is 0. The molecule has 1 fully saturated rings. The number of likely N-dealkylation sites (N-methyl/N-ethyl adjacent to an activating group) is 1. The molecule has 184 valence electrons. The summed E-state index contributed by atoms with van der Waals surface area (Å²) in [5.74, 6) is -0.0729. The number of carbonyl (C=O) groups excluding carboxylic acids is 2. The number of benzene rings is 2. The van der Waals surface area contributed by atoms with Gasteiger partial charge in [-0.2, -0.15) is 0 Å². The second kappa shape index (κ2) is 10.7.